The van der Waals surface area contributed by atoms with Gasteiger partial charge in [-0.2, -0.15) is 0 Å². The summed E-state index contributed by atoms with van der Waals surface area (Å²) >= 11 is 9.66. The van der Waals surface area contributed by atoms with Crippen molar-refractivity contribution in [1.82, 2.24) is 14.9 Å². The van der Waals surface area contributed by atoms with Gasteiger partial charge in [0.25, 0.3) is 0 Å². The molecule has 0 bridgehead atoms. The van der Waals surface area contributed by atoms with Gasteiger partial charge in [0, 0.05) is 28.1 Å². The Morgan fingerprint density at radius 3 is 2.42 bits per heavy atom. The van der Waals surface area contributed by atoms with E-state index in [4.69, 9.17) is 21.7 Å². The Hall–Kier alpha value is -3.36. The lowest BCUT2D eigenvalue weighted by atomic mass is 9.96. The number of nitrogens with zero attached hydrogens (tertiary/aromatic N) is 3. The first kappa shape index (κ1) is 24.3. The van der Waals surface area contributed by atoms with Gasteiger partial charge < -0.3 is 24.3 Å². The smallest absolute Gasteiger partial charge is 0.174 e. The predicted molar refractivity (Wildman–Crippen MR) is 150 cm³/mol. The van der Waals surface area contributed by atoms with Gasteiger partial charge in [0.1, 0.15) is 11.5 Å². The van der Waals surface area contributed by atoms with E-state index < -0.39 is 0 Å². The maximum absolute atomic E-state index is 5.93. The van der Waals surface area contributed by atoms with Crippen LogP contribution in [0.3, 0.4) is 0 Å². The molecule has 0 aliphatic carbocycles. The van der Waals surface area contributed by atoms with Gasteiger partial charge in [-0.25, -0.2) is 0 Å². The summed E-state index contributed by atoms with van der Waals surface area (Å²) in [6.45, 7) is 4.28. The second-order valence-electron chi connectivity index (χ2n) is 8.65. The van der Waals surface area contributed by atoms with Crippen LogP contribution in [0.4, 0.5) is 5.69 Å². The standard InChI is InChI=1S/C28H27BrN4O2S/c1-17-15-20(18(2)32(17)23-11-6-5-9-21(23)29)27-26(22-10-7-8-14-30-22)31-28(36)33(27)24-13-12-19(34-3)16-25(24)35-4/h5-16,26-27H,1-4H3,(H,31,36)/t26-,27-/m0/s1. The summed E-state index contributed by atoms with van der Waals surface area (Å²) < 4.78 is 14.5. The topological polar surface area (TPSA) is 51.5 Å². The van der Waals surface area contributed by atoms with Crippen LogP contribution in [0, 0.1) is 13.8 Å². The van der Waals surface area contributed by atoms with Crippen LogP contribution in [-0.4, -0.2) is 28.9 Å². The third-order valence-electron chi connectivity index (χ3n) is 6.63. The zero-order chi connectivity index (χ0) is 25.4. The maximum atomic E-state index is 5.93. The Morgan fingerprint density at radius 2 is 1.72 bits per heavy atom. The van der Waals surface area contributed by atoms with Gasteiger partial charge >= 0.3 is 0 Å². The Kier molecular flexibility index (Phi) is 6.73. The number of para-hydroxylation sites is 1. The fourth-order valence-electron chi connectivity index (χ4n) is 5.01. The number of hydrogen-bond acceptors (Lipinski definition) is 4. The summed E-state index contributed by atoms with van der Waals surface area (Å²) in [6.07, 6.45) is 1.82. The van der Waals surface area contributed by atoms with Crippen LogP contribution in [0.25, 0.3) is 5.69 Å². The molecule has 3 heterocycles. The number of anilines is 1. The first-order valence-electron chi connectivity index (χ1n) is 11.6. The zero-order valence-electron chi connectivity index (χ0n) is 20.5. The molecular weight excluding hydrogens is 536 g/mol. The van der Waals surface area contributed by atoms with Crippen LogP contribution < -0.4 is 19.7 Å². The largest absolute Gasteiger partial charge is 0.497 e. The van der Waals surface area contributed by atoms with Crippen LogP contribution in [0.1, 0.15) is 34.7 Å². The molecule has 8 heteroatoms. The van der Waals surface area contributed by atoms with Gasteiger partial charge in [0.05, 0.1) is 43.4 Å². The quantitative estimate of drug-likeness (QED) is 0.273. The molecule has 1 aliphatic heterocycles. The number of methoxy groups -OCH3 is 2. The third kappa shape index (κ3) is 4.14. The van der Waals surface area contributed by atoms with Crippen LogP contribution in [0.15, 0.2) is 77.4 Å². The van der Waals surface area contributed by atoms with Crippen LogP contribution in [0.2, 0.25) is 0 Å². The minimum Gasteiger partial charge on any atom is -0.497 e. The number of benzene rings is 2. The number of nitrogens with one attached hydrogen (secondary N) is 1. The normalized spacial score (nSPS) is 17.2. The highest BCUT2D eigenvalue weighted by Gasteiger charge is 2.43. The van der Waals surface area contributed by atoms with E-state index in [1.54, 1.807) is 14.2 Å². The molecule has 0 spiro atoms. The molecule has 0 radical (unpaired) electrons. The number of thiocarbonyl (C=S) groups is 1. The maximum Gasteiger partial charge on any atom is 0.174 e. The molecule has 2 aromatic carbocycles. The van der Waals surface area contributed by atoms with Crippen LogP contribution >= 0.6 is 28.1 Å². The second-order valence-corrected chi connectivity index (χ2v) is 9.89. The Morgan fingerprint density at radius 1 is 0.944 bits per heavy atom. The van der Waals surface area contributed by atoms with Gasteiger partial charge in [-0.1, -0.05) is 18.2 Å². The van der Waals surface area contributed by atoms with Crippen molar-refractivity contribution in [2.45, 2.75) is 25.9 Å². The molecule has 1 fully saturated rings. The highest BCUT2D eigenvalue weighted by atomic mass is 79.9. The highest BCUT2D eigenvalue weighted by Crippen LogP contribution is 2.47. The van der Waals surface area contributed by atoms with Crippen molar-refractivity contribution in [3.63, 3.8) is 0 Å². The Bertz CT molecular complexity index is 1420. The van der Waals surface area contributed by atoms with Crippen LogP contribution in [0.5, 0.6) is 11.5 Å². The minimum atomic E-state index is -0.155. The molecular formula is C28H27BrN4O2S. The Labute approximate surface area is 225 Å². The summed E-state index contributed by atoms with van der Waals surface area (Å²) in [7, 11) is 3.31. The molecule has 1 aliphatic rings. The predicted octanol–water partition coefficient (Wildman–Crippen LogP) is 6.45. The van der Waals surface area contributed by atoms with Crippen molar-refractivity contribution >= 4 is 38.9 Å². The van der Waals surface area contributed by atoms with Gasteiger partial charge in [-0.05, 0) is 90.0 Å². The summed E-state index contributed by atoms with van der Waals surface area (Å²) in [6, 6.07) is 22.0. The average molecular weight is 564 g/mol. The number of pyridine rings is 1. The van der Waals surface area contributed by atoms with Crippen molar-refractivity contribution in [3.8, 4) is 17.2 Å². The summed E-state index contributed by atoms with van der Waals surface area (Å²) in [5.41, 5.74) is 6.30. The fraction of sp³-hybridized carbons (Fsp3) is 0.214. The van der Waals surface area contributed by atoms with E-state index in [1.165, 1.54) is 0 Å². The molecule has 5 rings (SSSR count). The van der Waals surface area contributed by atoms with Gasteiger partial charge in [-0.3, -0.25) is 4.98 Å². The van der Waals surface area contributed by atoms with Crippen molar-refractivity contribution < 1.29 is 9.47 Å². The fourth-order valence-corrected chi connectivity index (χ4v) is 5.81. The molecule has 0 unspecified atom stereocenters. The zero-order valence-corrected chi connectivity index (χ0v) is 22.9. The molecule has 184 valence electrons. The van der Waals surface area contributed by atoms with Crippen LogP contribution in [-0.2, 0) is 0 Å². The van der Waals surface area contributed by atoms with Gasteiger partial charge in [0.15, 0.2) is 5.11 Å². The van der Waals surface area contributed by atoms with E-state index in [0.29, 0.717) is 10.9 Å². The molecule has 1 saturated heterocycles. The van der Waals surface area contributed by atoms with E-state index >= 15 is 0 Å². The Balaban J connectivity index is 1.71. The number of ether oxygens (including phenoxy) is 2. The molecule has 2 aromatic heterocycles. The lowest BCUT2D eigenvalue weighted by molar-refractivity contribution is 0.394. The van der Waals surface area contributed by atoms with E-state index in [2.05, 4.69) is 73.8 Å². The number of halogens is 1. The molecule has 2 atom stereocenters. The van der Waals surface area contributed by atoms with Crippen molar-refractivity contribution in [1.29, 1.82) is 0 Å². The van der Waals surface area contributed by atoms with E-state index in [9.17, 15) is 0 Å². The van der Waals surface area contributed by atoms with E-state index in [-0.39, 0.29) is 12.1 Å². The molecule has 0 saturated carbocycles. The molecule has 1 N–H and O–H groups in total. The number of hydrogen-bond donors (Lipinski definition) is 1. The monoisotopic (exact) mass is 562 g/mol. The highest BCUT2D eigenvalue weighted by molar-refractivity contribution is 9.10. The first-order valence-corrected chi connectivity index (χ1v) is 12.8. The average Bonchev–Trinajstić information content (AvgIpc) is 3.39. The lowest BCUT2D eigenvalue weighted by Gasteiger charge is -2.29. The summed E-state index contributed by atoms with van der Waals surface area (Å²) in [4.78, 5) is 6.82. The third-order valence-corrected chi connectivity index (χ3v) is 7.61. The number of aromatic nitrogens is 2. The molecule has 6 nitrogen and oxygen atoms in total. The summed E-state index contributed by atoms with van der Waals surface area (Å²) in [5.74, 6) is 1.41. The molecule has 36 heavy (non-hydrogen) atoms. The van der Waals surface area contributed by atoms with Crippen molar-refractivity contribution in [3.05, 3.63) is 100 Å². The number of aryl methyl sites for hydroxylation is 1. The SMILES string of the molecule is COc1ccc(N2C(=S)N[C@@H](c3ccccn3)[C@@H]2c2cc(C)n(-c3ccccc3Br)c2C)c(OC)c1. The van der Waals surface area contributed by atoms with Crippen molar-refractivity contribution in [2.75, 3.05) is 19.1 Å². The van der Waals surface area contributed by atoms with E-state index in [0.717, 1.165) is 44.2 Å². The summed E-state index contributed by atoms with van der Waals surface area (Å²) in [5, 5.41) is 4.16. The van der Waals surface area contributed by atoms with Crippen molar-refractivity contribution in [2.24, 2.45) is 0 Å². The molecule has 4 aromatic rings. The minimum absolute atomic E-state index is 0.154. The second kappa shape index (κ2) is 9.95. The number of rotatable bonds is 6. The van der Waals surface area contributed by atoms with E-state index in [1.807, 2.05) is 48.7 Å². The van der Waals surface area contributed by atoms with Gasteiger partial charge in [0.2, 0.25) is 0 Å². The van der Waals surface area contributed by atoms with Gasteiger partial charge in [-0.15, -0.1) is 0 Å². The molecule has 0 amide bonds. The lowest BCUT2D eigenvalue weighted by Crippen LogP contribution is -2.30. The first-order chi connectivity index (χ1) is 17.4.